The topological polar surface area (TPSA) is 123 Å². The Morgan fingerprint density at radius 1 is 1.25 bits per heavy atom. The SMILES string of the molecule is CC(C)C(NC(=O)OCc1ccccc1)C(=O)NC1CCCONC(=O)C1=O. The van der Waals surface area contributed by atoms with Gasteiger partial charge >= 0.3 is 12.0 Å². The van der Waals surface area contributed by atoms with Crippen LogP contribution in [-0.4, -0.2) is 42.4 Å². The van der Waals surface area contributed by atoms with E-state index in [1.165, 1.54) is 0 Å². The van der Waals surface area contributed by atoms with Crippen molar-refractivity contribution in [3.63, 3.8) is 0 Å². The summed E-state index contributed by atoms with van der Waals surface area (Å²) in [5.74, 6) is -2.52. The Bertz CT molecular complexity index is 707. The molecule has 0 aliphatic carbocycles. The molecule has 0 radical (unpaired) electrons. The molecular formula is C19H25N3O6. The third-order valence-electron chi connectivity index (χ3n) is 4.20. The van der Waals surface area contributed by atoms with Crippen molar-refractivity contribution in [1.29, 1.82) is 0 Å². The molecule has 2 unspecified atom stereocenters. The van der Waals surface area contributed by atoms with E-state index < -0.39 is 35.8 Å². The van der Waals surface area contributed by atoms with E-state index in [1.54, 1.807) is 13.8 Å². The van der Waals surface area contributed by atoms with Gasteiger partial charge in [-0.25, -0.2) is 10.3 Å². The van der Waals surface area contributed by atoms with Crippen LogP contribution in [0.2, 0.25) is 0 Å². The number of ether oxygens (including phenoxy) is 1. The zero-order valence-corrected chi connectivity index (χ0v) is 15.9. The number of rotatable bonds is 6. The normalized spacial score (nSPS) is 18.5. The molecule has 9 heteroatoms. The summed E-state index contributed by atoms with van der Waals surface area (Å²) in [6, 6.07) is 7.25. The first-order valence-electron chi connectivity index (χ1n) is 9.12. The van der Waals surface area contributed by atoms with E-state index in [1.807, 2.05) is 35.8 Å². The van der Waals surface area contributed by atoms with Crippen LogP contribution in [0.4, 0.5) is 4.79 Å². The van der Waals surface area contributed by atoms with Crippen LogP contribution in [0.15, 0.2) is 30.3 Å². The zero-order chi connectivity index (χ0) is 20.5. The number of hydrogen-bond donors (Lipinski definition) is 3. The molecule has 1 aromatic rings. The summed E-state index contributed by atoms with van der Waals surface area (Å²) >= 11 is 0. The maximum absolute atomic E-state index is 12.6. The van der Waals surface area contributed by atoms with Gasteiger partial charge in [0.2, 0.25) is 11.7 Å². The van der Waals surface area contributed by atoms with Crippen LogP contribution < -0.4 is 16.1 Å². The quantitative estimate of drug-likeness (QED) is 0.618. The van der Waals surface area contributed by atoms with Crippen LogP contribution in [0.1, 0.15) is 32.3 Å². The van der Waals surface area contributed by atoms with Gasteiger partial charge in [0.25, 0.3) is 0 Å². The van der Waals surface area contributed by atoms with Gasteiger partial charge in [0.1, 0.15) is 12.6 Å². The average molecular weight is 391 g/mol. The predicted octanol–water partition coefficient (Wildman–Crippen LogP) is 0.833. The van der Waals surface area contributed by atoms with E-state index in [-0.39, 0.29) is 25.6 Å². The highest BCUT2D eigenvalue weighted by Crippen LogP contribution is 2.08. The van der Waals surface area contributed by atoms with Crippen molar-refractivity contribution in [1.82, 2.24) is 16.1 Å². The summed E-state index contributed by atoms with van der Waals surface area (Å²) in [4.78, 5) is 53.2. The molecule has 9 nitrogen and oxygen atoms in total. The Kier molecular flexibility index (Phi) is 7.94. The van der Waals surface area contributed by atoms with Crippen molar-refractivity contribution in [2.45, 2.75) is 45.4 Å². The van der Waals surface area contributed by atoms with E-state index in [9.17, 15) is 19.2 Å². The molecule has 1 saturated heterocycles. The lowest BCUT2D eigenvalue weighted by Crippen LogP contribution is -2.56. The third-order valence-corrected chi connectivity index (χ3v) is 4.20. The number of carbonyl (C=O) groups is 4. The molecule has 2 rings (SSSR count). The van der Waals surface area contributed by atoms with Gasteiger partial charge in [0.05, 0.1) is 12.6 Å². The molecule has 2 atom stereocenters. The Morgan fingerprint density at radius 3 is 2.64 bits per heavy atom. The minimum Gasteiger partial charge on any atom is -0.445 e. The number of hydrogen-bond acceptors (Lipinski definition) is 6. The Labute approximate surface area is 163 Å². The monoisotopic (exact) mass is 391 g/mol. The van der Waals surface area contributed by atoms with Gasteiger partial charge in [0, 0.05) is 0 Å². The van der Waals surface area contributed by atoms with Gasteiger partial charge in [0.15, 0.2) is 0 Å². The summed E-state index contributed by atoms with van der Waals surface area (Å²) in [7, 11) is 0. The van der Waals surface area contributed by atoms with Crippen LogP contribution in [0.5, 0.6) is 0 Å². The number of carbonyl (C=O) groups excluding carboxylic acids is 4. The largest absolute Gasteiger partial charge is 0.445 e. The zero-order valence-electron chi connectivity index (χ0n) is 15.9. The molecular weight excluding hydrogens is 366 g/mol. The van der Waals surface area contributed by atoms with Gasteiger partial charge in [-0.05, 0) is 24.3 Å². The second-order valence-electron chi connectivity index (χ2n) is 6.78. The van der Waals surface area contributed by atoms with E-state index in [0.717, 1.165) is 5.56 Å². The lowest BCUT2D eigenvalue weighted by molar-refractivity contribution is -0.149. The van der Waals surface area contributed by atoms with Gasteiger partial charge in [-0.3, -0.25) is 19.2 Å². The first-order valence-corrected chi connectivity index (χ1v) is 9.12. The Morgan fingerprint density at radius 2 is 1.96 bits per heavy atom. The molecule has 1 aliphatic rings. The molecule has 0 bridgehead atoms. The number of benzene rings is 1. The molecule has 0 aromatic heterocycles. The highest BCUT2D eigenvalue weighted by molar-refractivity contribution is 6.38. The number of nitrogens with one attached hydrogen (secondary N) is 3. The van der Waals surface area contributed by atoms with E-state index in [2.05, 4.69) is 10.6 Å². The molecule has 1 aromatic carbocycles. The van der Waals surface area contributed by atoms with Gasteiger partial charge in [-0.2, -0.15) is 0 Å². The smallest absolute Gasteiger partial charge is 0.408 e. The maximum Gasteiger partial charge on any atom is 0.408 e. The Hall–Kier alpha value is -2.94. The summed E-state index contributed by atoms with van der Waals surface area (Å²) in [6.07, 6.45) is 0.00440. The van der Waals surface area contributed by atoms with Gasteiger partial charge in [-0.1, -0.05) is 44.2 Å². The molecule has 1 heterocycles. The molecule has 0 saturated carbocycles. The molecule has 0 spiro atoms. The standard InChI is InChI=1S/C19H25N3O6/c1-12(2)15(21-19(26)27-11-13-7-4-3-5-8-13)17(24)20-14-9-6-10-28-22-18(25)16(14)23/h3-5,7-8,12,14-15H,6,9-11H2,1-2H3,(H,20,24)(H,21,26)(H,22,25). The second kappa shape index (κ2) is 10.4. The van der Waals surface area contributed by atoms with Crippen LogP contribution in [0.25, 0.3) is 0 Å². The fourth-order valence-corrected chi connectivity index (χ4v) is 2.64. The number of amides is 3. The van der Waals surface area contributed by atoms with Crippen LogP contribution in [0.3, 0.4) is 0 Å². The van der Waals surface area contributed by atoms with Crippen LogP contribution >= 0.6 is 0 Å². The molecule has 3 N–H and O–H groups in total. The molecule has 152 valence electrons. The highest BCUT2D eigenvalue weighted by Gasteiger charge is 2.32. The van der Waals surface area contributed by atoms with Crippen molar-refractivity contribution >= 4 is 23.7 Å². The summed E-state index contributed by atoms with van der Waals surface area (Å²) < 4.78 is 5.15. The Balaban J connectivity index is 1.93. The fraction of sp³-hybridized carbons (Fsp3) is 0.474. The van der Waals surface area contributed by atoms with Crippen LogP contribution in [0, 0.1) is 5.92 Å². The third kappa shape index (κ3) is 6.34. The minimum atomic E-state index is -0.972. The molecule has 28 heavy (non-hydrogen) atoms. The minimum absolute atomic E-state index is 0.0698. The fourth-order valence-electron chi connectivity index (χ4n) is 2.64. The first kappa shape index (κ1) is 21.4. The van der Waals surface area contributed by atoms with Crippen molar-refractivity contribution in [3.05, 3.63) is 35.9 Å². The number of Topliss-reactive ketones (excluding diaryl/α,β-unsaturated/α-hetero) is 1. The van der Waals surface area contributed by atoms with E-state index >= 15 is 0 Å². The lowest BCUT2D eigenvalue weighted by Gasteiger charge is -2.25. The number of hydroxylamine groups is 1. The van der Waals surface area contributed by atoms with E-state index in [4.69, 9.17) is 9.57 Å². The van der Waals surface area contributed by atoms with Crippen molar-refractivity contribution < 1.29 is 28.8 Å². The number of ketones is 1. The number of alkyl carbamates (subject to hydrolysis) is 1. The molecule has 1 aliphatic heterocycles. The van der Waals surface area contributed by atoms with Crippen LogP contribution in [-0.2, 0) is 30.6 Å². The van der Waals surface area contributed by atoms with Gasteiger partial charge in [-0.15, -0.1) is 0 Å². The summed E-state index contributed by atoms with van der Waals surface area (Å²) in [5.41, 5.74) is 2.84. The average Bonchev–Trinajstić information content (AvgIpc) is 2.68. The molecule has 3 amide bonds. The highest BCUT2D eigenvalue weighted by atomic mass is 16.7. The van der Waals surface area contributed by atoms with Crippen molar-refractivity contribution in [3.8, 4) is 0 Å². The predicted molar refractivity (Wildman–Crippen MR) is 98.7 cm³/mol. The van der Waals surface area contributed by atoms with Crippen molar-refractivity contribution in [2.75, 3.05) is 6.61 Å². The lowest BCUT2D eigenvalue weighted by atomic mass is 10.0. The summed E-state index contributed by atoms with van der Waals surface area (Å²) in [5, 5.41) is 5.07. The maximum atomic E-state index is 12.6. The second-order valence-corrected chi connectivity index (χ2v) is 6.78. The van der Waals surface area contributed by atoms with E-state index in [0.29, 0.717) is 6.42 Å². The summed E-state index contributed by atoms with van der Waals surface area (Å²) in [6.45, 7) is 3.81. The molecule has 1 fully saturated rings. The van der Waals surface area contributed by atoms with Crippen molar-refractivity contribution in [2.24, 2.45) is 5.92 Å². The first-order chi connectivity index (χ1) is 13.4. The van der Waals surface area contributed by atoms with Gasteiger partial charge < -0.3 is 15.4 Å².